The van der Waals surface area contributed by atoms with E-state index in [4.69, 9.17) is 9.84 Å². The number of hydrogen-bond acceptors (Lipinski definition) is 5. The molecule has 0 atom stereocenters. The lowest BCUT2D eigenvalue weighted by Gasteiger charge is -2.05. The molecule has 88 valence electrons. The maximum absolute atomic E-state index is 10.4. The number of carbonyl (C=O) groups is 1. The second-order valence-electron chi connectivity index (χ2n) is 3.31. The summed E-state index contributed by atoms with van der Waals surface area (Å²) in [4.78, 5) is 17.5. The molecular weight excluding hydrogens is 228 g/mol. The number of carboxylic acid groups (broad SMARTS) is 1. The van der Waals surface area contributed by atoms with E-state index in [1.807, 2.05) is 19.0 Å². The van der Waals surface area contributed by atoms with Crippen molar-refractivity contribution in [1.82, 2.24) is 4.98 Å². The van der Waals surface area contributed by atoms with Crippen molar-refractivity contribution in [2.24, 2.45) is 0 Å². The van der Waals surface area contributed by atoms with Crippen LogP contribution in [-0.2, 0) is 16.1 Å². The van der Waals surface area contributed by atoms with Crippen molar-refractivity contribution in [3.8, 4) is 0 Å². The Morgan fingerprint density at radius 1 is 1.62 bits per heavy atom. The van der Waals surface area contributed by atoms with Gasteiger partial charge in [0.25, 0.3) is 0 Å². The average molecular weight is 242 g/mol. The Bertz CT molecular complexity index is 399. The molecule has 0 spiro atoms. The van der Waals surface area contributed by atoms with Gasteiger partial charge in [-0.15, -0.1) is 0 Å². The molecule has 16 heavy (non-hydrogen) atoms. The Kier molecular flexibility index (Phi) is 4.45. The minimum atomic E-state index is -0.969. The maximum Gasteiger partial charge on any atom is 0.328 e. The molecule has 1 heterocycles. The molecule has 6 heteroatoms. The molecule has 5 nitrogen and oxygen atoms in total. The van der Waals surface area contributed by atoms with E-state index >= 15 is 0 Å². The van der Waals surface area contributed by atoms with Crippen LogP contribution in [0, 0.1) is 0 Å². The van der Waals surface area contributed by atoms with E-state index in [1.165, 1.54) is 11.3 Å². The number of carboxylic acids is 1. The van der Waals surface area contributed by atoms with Crippen LogP contribution in [0.3, 0.4) is 0 Å². The van der Waals surface area contributed by atoms with Gasteiger partial charge in [0.05, 0.1) is 17.2 Å². The van der Waals surface area contributed by atoms with Crippen LogP contribution in [0.5, 0.6) is 0 Å². The SMILES string of the molecule is COCc1nc(N(C)C)sc1/C=C/C(=O)O. The number of aromatic nitrogens is 1. The van der Waals surface area contributed by atoms with Crippen molar-refractivity contribution in [2.75, 3.05) is 26.1 Å². The van der Waals surface area contributed by atoms with Crippen molar-refractivity contribution in [2.45, 2.75) is 6.61 Å². The number of nitrogens with zero attached hydrogens (tertiary/aromatic N) is 2. The number of anilines is 1. The van der Waals surface area contributed by atoms with E-state index in [2.05, 4.69) is 4.98 Å². The molecule has 0 saturated heterocycles. The van der Waals surface area contributed by atoms with Gasteiger partial charge in [-0.05, 0) is 6.08 Å². The topological polar surface area (TPSA) is 62.7 Å². The van der Waals surface area contributed by atoms with E-state index < -0.39 is 5.97 Å². The van der Waals surface area contributed by atoms with Gasteiger partial charge in [0.1, 0.15) is 0 Å². The van der Waals surface area contributed by atoms with E-state index in [-0.39, 0.29) is 0 Å². The monoisotopic (exact) mass is 242 g/mol. The zero-order valence-corrected chi connectivity index (χ0v) is 10.2. The molecule has 1 rings (SSSR count). The average Bonchev–Trinajstić information content (AvgIpc) is 2.59. The number of rotatable bonds is 5. The molecule has 0 aliphatic carbocycles. The molecule has 0 aliphatic heterocycles. The summed E-state index contributed by atoms with van der Waals surface area (Å²) in [7, 11) is 5.36. The van der Waals surface area contributed by atoms with Gasteiger partial charge in [-0.2, -0.15) is 0 Å². The second-order valence-corrected chi connectivity index (χ2v) is 4.32. The molecule has 0 aliphatic rings. The van der Waals surface area contributed by atoms with E-state index in [1.54, 1.807) is 13.2 Å². The predicted octanol–water partition coefficient (Wildman–Crippen LogP) is 1.45. The lowest BCUT2D eigenvalue weighted by Crippen LogP contribution is -2.08. The zero-order valence-electron chi connectivity index (χ0n) is 9.43. The van der Waals surface area contributed by atoms with E-state index in [9.17, 15) is 4.79 Å². The first-order chi connectivity index (χ1) is 7.54. The van der Waals surface area contributed by atoms with Crippen molar-refractivity contribution < 1.29 is 14.6 Å². The summed E-state index contributed by atoms with van der Waals surface area (Å²) in [5.74, 6) is -0.969. The van der Waals surface area contributed by atoms with Gasteiger partial charge in [0.15, 0.2) is 5.13 Å². The minimum Gasteiger partial charge on any atom is -0.478 e. The van der Waals surface area contributed by atoms with Crippen LogP contribution in [0.2, 0.25) is 0 Å². The van der Waals surface area contributed by atoms with Gasteiger partial charge in [0.2, 0.25) is 0 Å². The number of methoxy groups -OCH3 is 1. The standard InChI is InChI=1S/C10H14N2O3S/c1-12(2)10-11-7(6-15-3)8(16-10)4-5-9(13)14/h4-5H,6H2,1-3H3,(H,13,14)/b5-4+. The van der Waals surface area contributed by atoms with Crippen LogP contribution in [0.15, 0.2) is 6.08 Å². The Morgan fingerprint density at radius 3 is 2.81 bits per heavy atom. The highest BCUT2D eigenvalue weighted by molar-refractivity contribution is 7.16. The molecular formula is C10H14N2O3S. The van der Waals surface area contributed by atoms with Crippen LogP contribution in [0.25, 0.3) is 6.08 Å². The number of ether oxygens (including phenoxy) is 1. The third-order valence-electron chi connectivity index (χ3n) is 1.76. The Hall–Kier alpha value is -1.40. The van der Waals surface area contributed by atoms with Crippen LogP contribution in [-0.4, -0.2) is 37.3 Å². The van der Waals surface area contributed by atoms with Gasteiger partial charge in [-0.3, -0.25) is 0 Å². The van der Waals surface area contributed by atoms with Gasteiger partial charge in [0, 0.05) is 27.3 Å². The first-order valence-electron chi connectivity index (χ1n) is 4.61. The summed E-state index contributed by atoms with van der Waals surface area (Å²) in [6, 6.07) is 0. The summed E-state index contributed by atoms with van der Waals surface area (Å²) in [6.45, 7) is 0.379. The first kappa shape index (κ1) is 12.7. The van der Waals surface area contributed by atoms with Crippen LogP contribution in [0.1, 0.15) is 10.6 Å². The highest BCUT2D eigenvalue weighted by atomic mass is 32.1. The van der Waals surface area contributed by atoms with Crippen molar-refractivity contribution >= 4 is 28.5 Å². The fraction of sp³-hybridized carbons (Fsp3) is 0.400. The molecule has 1 aromatic heterocycles. The molecule has 1 N–H and O–H groups in total. The normalized spacial score (nSPS) is 10.9. The summed E-state index contributed by atoms with van der Waals surface area (Å²) >= 11 is 1.43. The van der Waals surface area contributed by atoms with Crippen LogP contribution in [0.4, 0.5) is 5.13 Å². The number of hydrogen-bond donors (Lipinski definition) is 1. The smallest absolute Gasteiger partial charge is 0.328 e. The summed E-state index contributed by atoms with van der Waals surface area (Å²) < 4.78 is 5.01. The maximum atomic E-state index is 10.4. The minimum absolute atomic E-state index is 0.379. The number of thiazole rings is 1. The lowest BCUT2D eigenvalue weighted by molar-refractivity contribution is -0.131. The Balaban J connectivity index is 2.99. The molecule has 0 saturated carbocycles. The Labute approximate surface area is 98.0 Å². The molecule has 0 radical (unpaired) electrons. The van der Waals surface area contributed by atoms with Crippen molar-refractivity contribution in [3.05, 3.63) is 16.6 Å². The van der Waals surface area contributed by atoms with Gasteiger partial charge < -0.3 is 14.7 Å². The molecule has 0 amide bonds. The van der Waals surface area contributed by atoms with Gasteiger partial charge in [-0.1, -0.05) is 11.3 Å². The largest absolute Gasteiger partial charge is 0.478 e. The predicted molar refractivity (Wildman–Crippen MR) is 63.8 cm³/mol. The molecule has 0 fully saturated rings. The highest BCUT2D eigenvalue weighted by Gasteiger charge is 2.10. The third-order valence-corrected chi connectivity index (χ3v) is 2.99. The van der Waals surface area contributed by atoms with Crippen molar-refractivity contribution in [3.63, 3.8) is 0 Å². The molecule has 0 bridgehead atoms. The van der Waals surface area contributed by atoms with Crippen molar-refractivity contribution in [1.29, 1.82) is 0 Å². The second kappa shape index (κ2) is 5.62. The summed E-state index contributed by atoms with van der Waals surface area (Å²) in [5, 5.41) is 9.40. The third kappa shape index (κ3) is 3.32. The highest BCUT2D eigenvalue weighted by Crippen LogP contribution is 2.26. The molecule has 1 aromatic rings. The molecule has 0 aromatic carbocycles. The van der Waals surface area contributed by atoms with E-state index in [0.29, 0.717) is 6.61 Å². The Morgan fingerprint density at radius 2 is 2.31 bits per heavy atom. The van der Waals surface area contributed by atoms with Gasteiger partial charge in [-0.25, -0.2) is 9.78 Å². The number of aliphatic carboxylic acids is 1. The molecule has 0 unspecified atom stereocenters. The fourth-order valence-electron chi connectivity index (χ4n) is 1.06. The lowest BCUT2D eigenvalue weighted by atomic mass is 10.3. The van der Waals surface area contributed by atoms with E-state index in [0.717, 1.165) is 21.8 Å². The summed E-state index contributed by atoms with van der Waals surface area (Å²) in [5.41, 5.74) is 0.758. The van der Waals surface area contributed by atoms with Crippen LogP contribution < -0.4 is 4.90 Å². The summed E-state index contributed by atoms with van der Waals surface area (Å²) in [6.07, 6.45) is 2.65. The van der Waals surface area contributed by atoms with Crippen LogP contribution >= 0.6 is 11.3 Å². The fourth-order valence-corrected chi connectivity index (χ4v) is 1.95. The zero-order chi connectivity index (χ0) is 12.1. The van der Waals surface area contributed by atoms with Gasteiger partial charge >= 0.3 is 5.97 Å². The quantitative estimate of drug-likeness (QED) is 0.792. The first-order valence-corrected chi connectivity index (χ1v) is 5.43.